The van der Waals surface area contributed by atoms with Crippen LogP contribution in [0.3, 0.4) is 0 Å². The number of ether oxygens (including phenoxy) is 1. The van der Waals surface area contributed by atoms with Gasteiger partial charge in [0.2, 0.25) is 0 Å². The molecule has 1 spiro atoms. The SMILES string of the molecule is C1=CC2=C(c3cc(-c4ccccc4)nc(-c4ccc(-c5ccc6c(c5)C5(c7ccccc7O6)c6ccccc6-c6ccccc65)cc4)n3)C=CCC2C=C1. The Hall–Kier alpha value is -6.84. The molecule has 3 aliphatic carbocycles. The van der Waals surface area contributed by atoms with E-state index in [9.17, 15) is 0 Å². The van der Waals surface area contributed by atoms with Gasteiger partial charge >= 0.3 is 0 Å². The summed E-state index contributed by atoms with van der Waals surface area (Å²) in [7, 11) is 0. The Morgan fingerprint density at radius 2 is 1.15 bits per heavy atom. The quantitative estimate of drug-likeness (QED) is 0.184. The highest BCUT2D eigenvalue weighted by Gasteiger charge is 2.51. The summed E-state index contributed by atoms with van der Waals surface area (Å²) in [5.74, 6) is 2.87. The zero-order valence-electron chi connectivity index (χ0n) is 29.5. The first-order valence-electron chi connectivity index (χ1n) is 18.7. The normalized spacial score (nSPS) is 16.6. The second-order valence-corrected chi connectivity index (χ2v) is 14.4. The average Bonchev–Trinajstić information content (AvgIpc) is 3.54. The maximum atomic E-state index is 6.67. The van der Waals surface area contributed by atoms with Gasteiger partial charge in [-0.2, -0.15) is 0 Å². The predicted octanol–water partition coefficient (Wildman–Crippen LogP) is 12.4. The minimum absolute atomic E-state index is 0.369. The zero-order valence-corrected chi connectivity index (χ0v) is 29.5. The predicted molar refractivity (Wildman–Crippen MR) is 218 cm³/mol. The Kier molecular flexibility index (Phi) is 6.90. The molecular weight excluding hydrogens is 657 g/mol. The van der Waals surface area contributed by atoms with Crippen molar-refractivity contribution in [1.82, 2.24) is 9.97 Å². The van der Waals surface area contributed by atoms with Gasteiger partial charge in [0.25, 0.3) is 0 Å². The molecule has 11 rings (SSSR count). The molecule has 3 heteroatoms. The molecule has 0 amide bonds. The van der Waals surface area contributed by atoms with E-state index in [1.807, 2.05) is 6.07 Å². The third-order valence-electron chi connectivity index (χ3n) is 11.5. The van der Waals surface area contributed by atoms with Gasteiger partial charge in [0.15, 0.2) is 5.82 Å². The molecule has 254 valence electrons. The Labute approximate surface area is 315 Å². The number of rotatable bonds is 4. The van der Waals surface area contributed by atoms with E-state index in [1.54, 1.807) is 0 Å². The van der Waals surface area contributed by atoms with Crippen LogP contribution in [0.5, 0.6) is 11.5 Å². The van der Waals surface area contributed by atoms with E-state index < -0.39 is 5.41 Å². The van der Waals surface area contributed by atoms with E-state index in [2.05, 4.69) is 182 Å². The molecule has 6 aromatic carbocycles. The maximum absolute atomic E-state index is 6.67. The molecule has 0 fully saturated rings. The number of allylic oxidation sites excluding steroid dienone is 8. The Bertz CT molecular complexity index is 2720. The third kappa shape index (κ3) is 4.61. The van der Waals surface area contributed by atoms with Crippen LogP contribution in [0.15, 0.2) is 194 Å². The molecule has 4 aliphatic rings. The lowest BCUT2D eigenvalue weighted by Gasteiger charge is -2.39. The smallest absolute Gasteiger partial charge is 0.160 e. The van der Waals surface area contributed by atoms with Crippen molar-refractivity contribution in [3.63, 3.8) is 0 Å². The highest BCUT2D eigenvalue weighted by Crippen LogP contribution is 2.62. The molecule has 1 aromatic heterocycles. The molecule has 0 N–H and O–H groups in total. The van der Waals surface area contributed by atoms with Crippen molar-refractivity contribution in [3.8, 4) is 56.4 Å². The molecule has 1 aliphatic heterocycles. The number of hydrogen-bond acceptors (Lipinski definition) is 3. The van der Waals surface area contributed by atoms with E-state index in [-0.39, 0.29) is 0 Å². The van der Waals surface area contributed by atoms with Crippen LogP contribution >= 0.6 is 0 Å². The summed E-state index contributed by atoms with van der Waals surface area (Å²) in [5.41, 5.74) is 15.6. The summed E-state index contributed by atoms with van der Waals surface area (Å²) in [6.45, 7) is 0. The second kappa shape index (κ2) is 12.1. The number of nitrogens with zero attached hydrogens (tertiary/aromatic N) is 2. The first kappa shape index (κ1) is 30.8. The average molecular weight is 691 g/mol. The first-order valence-corrected chi connectivity index (χ1v) is 18.7. The number of hydrogen-bond donors (Lipinski definition) is 0. The van der Waals surface area contributed by atoms with Crippen LogP contribution in [-0.4, -0.2) is 9.97 Å². The molecule has 54 heavy (non-hydrogen) atoms. The van der Waals surface area contributed by atoms with Gasteiger partial charge in [0.1, 0.15) is 11.5 Å². The number of aromatic nitrogens is 2. The molecule has 0 bridgehead atoms. The molecule has 0 saturated heterocycles. The van der Waals surface area contributed by atoms with E-state index in [4.69, 9.17) is 14.7 Å². The monoisotopic (exact) mass is 690 g/mol. The van der Waals surface area contributed by atoms with Crippen molar-refractivity contribution in [2.75, 3.05) is 0 Å². The summed E-state index contributed by atoms with van der Waals surface area (Å²) < 4.78 is 6.67. The summed E-state index contributed by atoms with van der Waals surface area (Å²) in [6.07, 6.45) is 14.3. The summed E-state index contributed by atoms with van der Waals surface area (Å²) >= 11 is 0. The van der Waals surface area contributed by atoms with E-state index in [0.717, 1.165) is 62.7 Å². The van der Waals surface area contributed by atoms with Gasteiger partial charge in [-0.3, -0.25) is 0 Å². The lowest BCUT2D eigenvalue weighted by Crippen LogP contribution is -2.32. The molecule has 1 atom stereocenters. The number of fused-ring (bicyclic) bond motifs is 10. The topological polar surface area (TPSA) is 35.0 Å². The molecular formula is C51H34N2O. The Morgan fingerprint density at radius 1 is 0.500 bits per heavy atom. The molecule has 1 unspecified atom stereocenters. The molecule has 3 nitrogen and oxygen atoms in total. The Morgan fingerprint density at radius 3 is 1.94 bits per heavy atom. The highest BCUT2D eigenvalue weighted by atomic mass is 16.5. The lowest BCUT2D eigenvalue weighted by atomic mass is 9.66. The number of benzene rings is 6. The second-order valence-electron chi connectivity index (χ2n) is 14.4. The molecule has 2 heterocycles. The van der Waals surface area contributed by atoms with Crippen molar-refractivity contribution in [3.05, 3.63) is 222 Å². The van der Waals surface area contributed by atoms with Crippen molar-refractivity contribution in [1.29, 1.82) is 0 Å². The van der Waals surface area contributed by atoms with Crippen LogP contribution in [0.2, 0.25) is 0 Å². The van der Waals surface area contributed by atoms with Gasteiger partial charge in [-0.05, 0) is 69.6 Å². The van der Waals surface area contributed by atoms with Crippen molar-refractivity contribution in [2.24, 2.45) is 5.92 Å². The van der Waals surface area contributed by atoms with E-state index in [0.29, 0.717) is 11.7 Å². The summed E-state index contributed by atoms with van der Waals surface area (Å²) in [4.78, 5) is 10.4. The summed E-state index contributed by atoms with van der Waals surface area (Å²) in [6, 6.07) is 54.2. The van der Waals surface area contributed by atoms with E-state index in [1.165, 1.54) is 33.4 Å². The molecule has 0 radical (unpaired) electrons. The lowest BCUT2D eigenvalue weighted by molar-refractivity contribution is 0.436. The Balaban J connectivity index is 1.04. The first-order chi connectivity index (χ1) is 26.8. The molecule has 0 saturated carbocycles. The van der Waals surface area contributed by atoms with Gasteiger partial charge < -0.3 is 4.74 Å². The van der Waals surface area contributed by atoms with Crippen molar-refractivity contribution < 1.29 is 4.74 Å². The van der Waals surface area contributed by atoms with Crippen LogP contribution in [0.25, 0.3) is 50.5 Å². The van der Waals surface area contributed by atoms with Crippen molar-refractivity contribution >= 4 is 5.57 Å². The third-order valence-corrected chi connectivity index (χ3v) is 11.5. The maximum Gasteiger partial charge on any atom is 0.160 e. The highest BCUT2D eigenvalue weighted by molar-refractivity contribution is 5.89. The fourth-order valence-corrected chi connectivity index (χ4v) is 9.06. The van der Waals surface area contributed by atoms with Crippen LogP contribution in [-0.2, 0) is 5.41 Å². The van der Waals surface area contributed by atoms with Crippen LogP contribution < -0.4 is 4.74 Å². The van der Waals surface area contributed by atoms with Crippen LogP contribution in [0, 0.1) is 5.92 Å². The minimum Gasteiger partial charge on any atom is -0.457 e. The fourth-order valence-electron chi connectivity index (χ4n) is 9.06. The fraction of sp³-hybridized carbons (Fsp3) is 0.0588. The van der Waals surface area contributed by atoms with Crippen LogP contribution in [0.1, 0.15) is 34.4 Å². The van der Waals surface area contributed by atoms with E-state index >= 15 is 0 Å². The van der Waals surface area contributed by atoms with Gasteiger partial charge in [-0.25, -0.2) is 9.97 Å². The number of para-hydroxylation sites is 1. The van der Waals surface area contributed by atoms with Gasteiger partial charge in [-0.1, -0.05) is 164 Å². The van der Waals surface area contributed by atoms with Crippen molar-refractivity contribution in [2.45, 2.75) is 11.8 Å². The van der Waals surface area contributed by atoms with Gasteiger partial charge in [0, 0.05) is 33.7 Å². The standard InChI is InChI=1S/C51H34N2O/c1-2-14-35(15-3-1)46-32-47(41-20-12-16-34-13-4-5-17-38(34)41)53-50(52-46)36-27-25-33(26-28-36)37-29-30-49-45(31-37)51(44-23-10-11-24-48(44)54-49)42-21-8-6-18-39(42)40-19-7-9-22-43(40)51/h1-15,17-32,34H,16H2. The minimum atomic E-state index is -0.499. The largest absolute Gasteiger partial charge is 0.457 e. The van der Waals surface area contributed by atoms with Gasteiger partial charge in [-0.15, -0.1) is 0 Å². The summed E-state index contributed by atoms with van der Waals surface area (Å²) in [5, 5.41) is 0. The zero-order chi connectivity index (χ0) is 35.6. The van der Waals surface area contributed by atoms with Gasteiger partial charge in [0.05, 0.1) is 16.8 Å². The van der Waals surface area contributed by atoms with Crippen LogP contribution in [0.4, 0.5) is 0 Å². The molecule has 7 aromatic rings.